The zero-order valence-corrected chi connectivity index (χ0v) is 23.3. The molecule has 7 aromatic carbocycles. The molecule has 0 fully saturated rings. The van der Waals surface area contributed by atoms with Crippen LogP contribution in [0.15, 0.2) is 152 Å². The SMILES string of the molecule is c1ccc2c(c1)-c1cccc3cccc(c13)N2c1ccc(-c2nc3ccccc3nc2-c2cccc3ccccc23)cc1. The van der Waals surface area contributed by atoms with Crippen molar-refractivity contribution in [2.45, 2.75) is 0 Å². The first-order chi connectivity index (χ1) is 21.3. The van der Waals surface area contributed by atoms with E-state index in [1.807, 2.05) is 24.3 Å². The van der Waals surface area contributed by atoms with E-state index >= 15 is 0 Å². The summed E-state index contributed by atoms with van der Waals surface area (Å²) < 4.78 is 0. The molecule has 0 unspecified atom stereocenters. The summed E-state index contributed by atoms with van der Waals surface area (Å²) in [6, 6.07) is 53.7. The van der Waals surface area contributed by atoms with Crippen LogP contribution in [0.2, 0.25) is 0 Å². The van der Waals surface area contributed by atoms with Crippen molar-refractivity contribution in [1.82, 2.24) is 9.97 Å². The lowest BCUT2D eigenvalue weighted by atomic mass is 9.91. The first-order valence-electron chi connectivity index (χ1n) is 14.6. The summed E-state index contributed by atoms with van der Waals surface area (Å²) in [6.07, 6.45) is 0. The van der Waals surface area contributed by atoms with E-state index in [4.69, 9.17) is 9.97 Å². The highest BCUT2D eigenvalue weighted by molar-refractivity contribution is 6.13. The third-order valence-corrected chi connectivity index (χ3v) is 8.57. The summed E-state index contributed by atoms with van der Waals surface area (Å²) in [5, 5.41) is 4.89. The molecule has 1 aromatic heterocycles. The molecule has 3 heteroatoms. The number of para-hydroxylation sites is 3. The van der Waals surface area contributed by atoms with Gasteiger partial charge in [0, 0.05) is 27.8 Å². The van der Waals surface area contributed by atoms with Crippen LogP contribution in [-0.4, -0.2) is 9.97 Å². The van der Waals surface area contributed by atoms with Gasteiger partial charge in [-0.2, -0.15) is 0 Å². The van der Waals surface area contributed by atoms with Crippen LogP contribution in [-0.2, 0) is 0 Å². The molecule has 0 atom stereocenters. The van der Waals surface area contributed by atoms with Gasteiger partial charge in [0.15, 0.2) is 0 Å². The van der Waals surface area contributed by atoms with Crippen LogP contribution in [0.5, 0.6) is 0 Å². The maximum absolute atomic E-state index is 5.19. The van der Waals surface area contributed by atoms with Crippen LogP contribution < -0.4 is 4.90 Å². The molecular formula is C40H25N3. The number of hydrogen-bond donors (Lipinski definition) is 0. The largest absolute Gasteiger partial charge is 0.309 e. The van der Waals surface area contributed by atoms with Crippen molar-refractivity contribution in [2.24, 2.45) is 0 Å². The Hall–Kier alpha value is -5.80. The molecule has 43 heavy (non-hydrogen) atoms. The number of fused-ring (bicyclic) bond motifs is 4. The second kappa shape index (κ2) is 9.37. The lowest BCUT2D eigenvalue weighted by Crippen LogP contribution is -2.14. The van der Waals surface area contributed by atoms with Crippen LogP contribution in [0.3, 0.4) is 0 Å². The minimum absolute atomic E-state index is 0.882. The maximum atomic E-state index is 5.19. The third kappa shape index (κ3) is 3.68. The molecule has 0 saturated heterocycles. The molecule has 200 valence electrons. The first kappa shape index (κ1) is 23.9. The summed E-state index contributed by atoms with van der Waals surface area (Å²) >= 11 is 0. The van der Waals surface area contributed by atoms with E-state index in [-0.39, 0.29) is 0 Å². The lowest BCUT2D eigenvalue weighted by Gasteiger charge is -2.33. The zero-order chi connectivity index (χ0) is 28.3. The van der Waals surface area contributed by atoms with Crippen LogP contribution in [0.1, 0.15) is 0 Å². The van der Waals surface area contributed by atoms with Gasteiger partial charge in [0.25, 0.3) is 0 Å². The molecule has 0 aliphatic carbocycles. The van der Waals surface area contributed by atoms with E-state index < -0.39 is 0 Å². The van der Waals surface area contributed by atoms with E-state index in [2.05, 4.69) is 132 Å². The molecule has 0 bridgehead atoms. The molecule has 0 spiro atoms. The highest BCUT2D eigenvalue weighted by Gasteiger charge is 2.25. The molecule has 9 rings (SSSR count). The summed E-state index contributed by atoms with van der Waals surface area (Å²) in [4.78, 5) is 12.8. The first-order valence-corrected chi connectivity index (χ1v) is 14.6. The van der Waals surface area contributed by atoms with E-state index in [0.29, 0.717) is 0 Å². The molecule has 0 amide bonds. The molecular weight excluding hydrogens is 522 g/mol. The van der Waals surface area contributed by atoms with Gasteiger partial charge in [-0.15, -0.1) is 0 Å². The highest BCUT2D eigenvalue weighted by atomic mass is 15.2. The summed E-state index contributed by atoms with van der Waals surface area (Å²) in [7, 11) is 0. The molecule has 2 heterocycles. The summed E-state index contributed by atoms with van der Waals surface area (Å²) in [6.45, 7) is 0. The molecule has 0 radical (unpaired) electrons. The van der Waals surface area contributed by atoms with E-state index in [9.17, 15) is 0 Å². The van der Waals surface area contributed by atoms with Gasteiger partial charge >= 0.3 is 0 Å². The molecule has 3 nitrogen and oxygen atoms in total. The minimum Gasteiger partial charge on any atom is -0.309 e. The van der Waals surface area contributed by atoms with Gasteiger partial charge in [-0.3, -0.25) is 0 Å². The number of hydrogen-bond acceptors (Lipinski definition) is 3. The van der Waals surface area contributed by atoms with Gasteiger partial charge in [0.1, 0.15) is 0 Å². The predicted octanol–water partition coefficient (Wildman–Crippen LogP) is 10.7. The van der Waals surface area contributed by atoms with Crippen LogP contribution >= 0.6 is 0 Å². The van der Waals surface area contributed by atoms with Crippen LogP contribution in [0.25, 0.3) is 66.2 Å². The normalized spacial score (nSPS) is 12.1. The van der Waals surface area contributed by atoms with Crippen molar-refractivity contribution in [3.8, 4) is 33.6 Å². The van der Waals surface area contributed by atoms with Crippen LogP contribution in [0.4, 0.5) is 17.1 Å². The lowest BCUT2D eigenvalue weighted by molar-refractivity contribution is 1.27. The maximum Gasteiger partial charge on any atom is 0.0979 e. The van der Waals surface area contributed by atoms with Gasteiger partial charge in [-0.05, 0) is 58.1 Å². The monoisotopic (exact) mass is 547 g/mol. The topological polar surface area (TPSA) is 29.0 Å². The Kier molecular flexibility index (Phi) is 5.20. The zero-order valence-electron chi connectivity index (χ0n) is 23.3. The van der Waals surface area contributed by atoms with Crippen LogP contribution in [0, 0.1) is 0 Å². The van der Waals surface area contributed by atoms with Crippen molar-refractivity contribution < 1.29 is 0 Å². The Labute approximate surface area is 249 Å². The van der Waals surface area contributed by atoms with Gasteiger partial charge in [-0.25, -0.2) is 9.97 Å². The number of anilines is 3. The fourth-order valence-corrected chi connectivity index (χ4v) is 6.63. The summed E-state index contributed by atoms with van der Waals surface area (Å²) in [5.41, 5.74) is 11.7. The second-order valence-electron chi connectivity index (χ2n) is 11.0. The highest BCUT2D eigenvalue weighted by Crippen LogP contribution is 2.50. The Bertz CT molecular complexity index is 2340. The number of rotatable bonds is 3. The van der Waals surface area contributed by atoms with Gasteiger partial charge < -0.3 is 4.90 Å². The Balaban J connectivity index is 1.24. The Morgan fingerprint density at radius 2 is 0.977 bits per heavy atom. The molecule has 0 N–H and O–H groups in total. The van der Waals surface area contributed by atoms with Crippen molar-refractivity contribution >= 4 is 49.6 Å². The second-order valence-corrected chi connectivity index (χ2v) is 11.0. The Morgan fingerprint density at radius 1 is 0.395 bits per heavy atom. The van der Waals surface area contributed by atoms with Gasteiger partial charge in [-0.1, -0.05) is 115 Å². The average molecular weight is 548 g/mol. The molecule has 8 aromatic rings. The van der Waals surface area contributed by atoms with Gasteiger partial charge in [0.05, 0.1) is 33.8 Å². The number of aromatic nitrogens is 2. The molecule has 1 aliphatic heterocycles. The standard InChI is InChI=1S/C40H25N3/c1-2-14-30-26(10-1)11-7-17-33(30)40-39(41-34-18-4-5-19-35(34)42-40)28-22-24-29(25-23-28)43-36-20-6-3-15-31(36)32-16-8-12-27-13-9-21-37(43)38(27)32/h1-25H. The number of nitrogens with zero attached hydrogens (tertiary/aromatic N) is 3. The van der Waals surface area contributed by atoms with E-state index in [1.165, 1.54) is 44.0 Å². The Morgan fingerprint density at radius 3 is 1.81 bits per heavy atom. The predicted molar refractivity (Wildman–Crippen MR) is 179 cm³/mol. The van der Waals surface area contributed by atoms with Crippen molar-refractivity contribution in [2.75, 3.05) is 4.90 Å². The van der Waals surface area contributed by atoms with Gasteiger partial charge in [0.2, 0.25) is 0 Å². The molecule has 0 saturated carbocycles. The third-order valence-electron chi connectivity index (χ3n) is 8.57. The van der Waals surface area contributed by atoms with Crippen molar-refractivity contribution in [3.63, 3.8) is 0 Å². The quantitative estimate of drug-likeness (QED) is 0.220. The molecule has 1 aliphatic rings. The summed E-state index contributed by atoms with van der Waals surface area (Å²) in [5.74, 6) is 0. The van der Waals surface area contributed by atoms with E-state index in [1.54, 1.807) is 0 Å². The van der Waals surface area contributed by atoms with Crippen molar-refractivity contribution in [1.29, 1.82) is 0 Å². The van der Waals surface area contributed by atoms with Crippen molar-refractivity contribution in [3.05, 3.63) is 152 Å². The average Bonchev–Trinajstić information content (AvgIpc) is 3.08. The smallest absolute Gasteiger partial charge is 0.0979 e. The fourth-order valence-electron chi connectivity index (χ4n) is 6.63. The number of benzene rings is 7. The fraction of sp³-hybridized carbons (Fsp3) is 0. The van der Waals surface area contributed by atoms with E-state index in [0.717, 1.165) is 39.2 Å². The minimum atomic E-state index is 0.882.